The van der Waals surface area contributed by atoms with Crippen molar-refractivity contribution < 1.29 is 14.4 Å². The normalized spacial score (nSPS) is 24.8. The molecule has 3 amide bonds. The van der Waals surface area contributed by atoms with Crippen molar-refractivity contribution in [3.05, 3.63) is 48.0 Å². The van der Waals surface area contributed by atoms with Gasteiger partial charge in [-0.3, -0.25) is 19.7 Å². The predicted molar refractivity (Wildman–Crippen MR) is 76.2 cm³/mol. The molecule has 3 rings (SSSR count). The first-order valence-corrected chi connectivity index (χ1v) is 6.93. The molecule has 5 nitrogen and oxygen atoms in total. The molecule has 0 aromatic heterocycles. The van der Waals surface area contributed by atoms with Gasteiger partial charge in [0.1, 0.15) is 5.54 Å². The van der Waals surface area contributed by atoms with Crippen LogP contribution in [0.15, 0.2) is 36.9 Å². The van der Waals surface area contributed by atoms with Gasteiger partial charge in [-0.15, -0.1) is 6.58 Å². The molecule has 5 heteroatoms. The molecule has 2 heterocycles. The second-order valence-corrected chi connectivity index (χ2v) is 5.45. The summed E-state index contributed by atoms with van der Waals surface area (Å²) in [6.07, 6.45) is 2.54. The third-order valence-corrected chi connectivity index (χ3v) is 4.26. The highest BCUT2D eigenvalue weighted by atomic mass is 16.2. The summed E-state index contributed by atoms with van der Waals surface area (Å²) in [5, 5.41) is 2.36. The minimum absolute atomic E-state index is 0.156. The summed E-state index contributed by atoms with van der Waals surface area (Å²) in [4.78, 5) is 38.1. The average molecular weight is 284 g/mol. The fourth-order valence-corrected chi connectivity index (χ4v) is 3.14. The zero-order chi connectivity index (χ0) is 15.0. The van der Waals surface area contributed by atoms with E-state index in [9.17, 15) is 14.4 Å². The van der Waals surface area contributed by atoms with E-state index in [-0.39, 0.29) is 18.2 Å². The number of imide groups is 1. The lowest BCUT2D eigenvalue weighted by Crippen LogP contribution is -2.62. The Bertz CT molecular complexity index is 653. The Kier molecular flexibility index (Phi) is 3.12. The van der Waals surface area contributed by atoms with Crippen LogP contribution in [-0.2, 0) is 16.1 Å². The number of carbonyl (C=O) groups is 3. The van der Waals surface area contributed by atoms with E-state index in [2.05, 4.69) is 11.9 Å². The largest absolute Gasteiger partial charge is 0.319 e. The second kappa shape index (κ2) is 4.84. The van der Waals surface area contributed by atoms with Crippen LogP contribution >= 0.6 is 0 Å². The number of nitrogens with one attached hydrogen (secondary N) is 1. The number of piperidine rings is 1. The highest BCUT2D eigenvalue weighted by Crippen LogP contribution is 2.36. The second-order valence-electron chi connectivity index (χ2n) is 5.45. The molecule has 2 aliphatic rings. The van der Waals surface area contributed by atoms with Crippen LogP contribution in [0.3, 0.4) is 0 Å². The minimum Gasteiger partial charge on any atom is -0.319 e. The zero-order valence-corrected chi connectivity index (χ0v) is 11.6. The summed E-state index contributed by atoms with van der Waals surface area (Å²) < 4.78 is 0. The molecule has 1 aromatic rings. The summed E-state index contributed by atoms with van der Waals surface area (Å²) >= 11 is 0. The first-order chi connectivity index (χ1) is 10.1. The molecular formula is C16H16N2O3. The predicted octanol–water partition coefficient (Wildman–Crippen LogP) is 1.39. The number of benzene rings is 1. The third-order valence-electron chi connectivity index (χ3n) is 4.26. The lowest BCUT2D eigenvalue weighted by molar-refractivity contribution is -0.142. The number of fused-ring (bicyclic) bond motifs is 1. The van der Waals surface area contributed by atoms with E-state index in [0.29, 0.717) is 24.9 Å². The summed E-state index contributed by atoms with van der Waals surface area (Å²) in [5.41, 5.74) is 0.535. The van der Waals surface area contributed by atoms with Crippen LogP contribution < -0.4 is 5.32 Å². The molecule has 0 bridgehead atoms. The molecule has 1 fully saturated rings. The van der Waals surface area contributed by atoms with E-state index in [1.807, 2.05) is 18.2 Å². The maximum Gasteiger partial charge on any atom is 0.255 e. The average Bonchev–Trinajstić information content (AvgIpc) is 2.81. The van der Waals surface area contributed by atoms with Crippen LogP contribution in [0.25, 0.3) is 0 Å². The molecule has 1 N–H and O–H groups in total. The highest BCUT2D eigenvalue weighted by molar-refractivity contribution is 6.07. The quantitative estimate of drug-likeness (QED) is 0.674. The Morgan fingerprint density at radius 3 is 2.71 bits per heavy atom. The molecule has 1 atom stereocenters. The molecule has 108 valence electrons. The molecule has 2 aliphatic heterocycles. The molecular weight excluding hydrogens is 268 g/mol. The van der Waals surface area contributed by atoms with Gasteiger partial charge < -0.3 is 4.90 Å². The van der Waals surface area contributed by atoms with Crippen molar-refractivity contribution in [2.24, 2.45) is 0 Å². The molecule has 1 saturated heterocycles. The van der Waals surface area contributed by atoms with Gasteiger partial charge in [0, 0.05) is 18.5 Å². The number of carbonyl (C=O) groups excluding carboxylic acids is 3. The van der Waals surface area contributed by atoms with Crippen molar-refractivity contribution >= 4 is 17.7 Å². The van der Waals surface area contributed by atoms with Gasteiger partial charge in [0.25, 0.3) is 11.8 Å². The first-order valence-electron chi connectivity index (χ1n) is 6.93. The van der Waals surface area contributed by atoms with Gasteiger partial charge in [-0.05, 0) is 24.5 Å². The summed E-state index contributed by atoms with van der Waals surface area (Å²) in [7, 11) is 0. The summed E-state index contributed by atoms with van der Waals surface area (Å²) in [6.45, 7) is 4.09. The van der Waals surface area contributed by atoms with Gasteiger partial charge in [0.15, 0.2) is 0 Å². The smallest absolute Gasteiger partial charge is 0.255 e. The molecule has 21 heavy (non-hydrogen) atoms. The van der Waals surface area contributed by atoms with Gasteiger partial charge in [-0.25, -0.2) is 0 Å². The lowest BCUT2D eigenvalue weighted by Gasteiger charge is -2.42. The van der Waals surface area contributed by atoms with Crippen LogP contribution in [0.2, 0.25) is 0 Å². The van der Waals surface area contributed by atoms with Crippen LogP contribution in [0.4, 0.5) is 0 Å². The van der Waals surface area contributed by atoms with E-state index in [1.165, 1.54) is 0 Å². The number of hydrogen-bond donors (Lipinski definition) is 1. The summed E-state index contributed by atoms with van der Waals surface area (Å²) in [6, 6.07) is 7.34. The number of amides is 3. The first kappa shape index (κ1) is 13.5. The van der Waals surface area contributed by atoms with Crippen molar-refractivity contribution in [1.29, 1.82) is 0 Å². The standard InChI is InChI=1S/C16H16N2O3/c1-2-8-16(9-7-13(19)17-15(16)21)18-10-11-5-3-4-6-12(11)14(18)20/h2-6H,1,7-10H2,(H,17,19,21). The maximum absolute atomic E-state index is 12.6. The van der Waals surface area contributed by atoms with Crippen LogP contribution in [0, 0.1) is 0 Å². The van der Waals surface area contributed by atoms with Crippen LogP contribution in [-0.4, -0.2) is 28.2 Å². The Hall–Kier alpha value is -2.43. The van der Waals surface area contributed by atoms with Crippen molar-refractivity contribution in [3.63, 3.8) is 0 Å². The van der Waals surface area contributed by atoms with Crippen molar-refractivity contribution in [1.82, 2.24) is 10.2 Å². The van der Waals surface area contributed by atoms with E-state index in [4.69, 9.17) is 0 Å². The van der Waals surface area contributed by atoms with E-state index < -0.39 is 11.4 Å². The van der Waals surface area contributed by atoms with Gasteiger partial charge in [-0.1, -0.05) is 24.3 Å². The van der Waals surface area contributed by atoms with Crippen molar-refractivity contribution in [2.45, 2.75) is 31.3 Å². The third kappa shape index (κ3) is 1.96. The number of rotatable bonds is 3. The van der Waals surface area contributed by atoms with Gasteiger partial charge in [0.2, 0.25) is 5.91 Å². The molecule has 0 aliphatic carbocycles. The number of hydrogen-bond acceptors (Lipinski definition) is 3. The minimum atomic E-state index is -1.01. The van der Waals surface area contributed by atoms with Crippen LogP contribution in [0.1, 0.15) is 35.2 Å². The van der Waals surface area contributed by atoms with Crippen molar-refractivity contribution in [2.75, 3.05) is 0 Å². The Morgan fingerprint density at radius 2 is 2.05 bits per heavy atom. The molecule has 1 unspecified atom stereocenters. The van der Waals surface area contributed by atoms with Gasteiger partial charge >= 0.3 is 0 Å². The van der Waals surface area contributed by atoms with E-state index in [0.717, 1.165) is 5.56 Å². The Morgan fingerprint density at radius 1 is 1.29 bits per heavy atom. The molecule has 0 radical (unpaired) electrons. The van der Waals surface area contributed by atoms with Crippen LogP contribution in [0.5, 0.6) is 0 Å². The highest BCUT2D eigenvalue weighted by Gasteiger charge is 2.50. The number of nitrogens with zero attached hydrogens (tertiary/aromatic N) is 1. The van der Waals surface area contributed by atoms with E-state index >= 15 is 0 Å². The Balaban J connectivity index is 2.00. The SMILES string of the molecule is C=CCC1(N2Cc3ccccc3C2=O)CCC(=O)NC1=O. The molecule has 0 saturated carbocycles. The van der Waals surface area contributed by atoms with E-state index in [1.54, 1.807) is 17.0 Å². The maximum atomic E-state index is 12.6. The summed E-state index contributed by atoms with van der Waals surface area (Å²) in [5.74, 6) is -0.847. The fraction of sp³-hybridized carbons (Fsp3) is 0.312. The lowest BCUT2D eigenvalue weighted by atomic mass is 9.83. The topological polar surface area (TPSA) is 66.5 Å². The van der Waals surface area contributed by atoms with Gasteiger partial charge in [0.05, 0.1) is 0 Å². The molecule has 0 spiro atoms. The zero-order valence-electron chi connectivity index (χ0n) is 11.6. The fourth-order valence-electron chi connectivity index (χ4n) is 3.14. The Labute approximate surface area is 122 Å². The van der Waals surface area contributed by atoms with Gasteiger partial charge in [-0.2, -0.15) is 0 Å². The monoisotopic (exact) mass is 284 g/mol. The van der Waals surface area contributed by atoms with Crippen molar-refractivity contribution in [3.8, 4) is 0 Å². The molecule has 1 aromatic carbocycles.